The van der Waals surface area contributed by atoms with Crippen LogP contribution in [0.4, 0.5) is 0 Å². The second-order valence-corrected chi connectivity index (χ2v) is 6.45. The molecule has 0 aliphatic carbocycles. The lowest BCUT2D eigenvalue weighted by atomic mass is 10.3. The summed E-state index contributed by atoms with van der Waals surface area (Å²) in [7, 11) is 3.17. The van der Waals surface area contributed by atoms with Crippen molar-refractivity contribution >= 4 is 29.7 Å². The maximum atomic E-state index is 11.6. The molecule has 14 heavy (non-hydrogen) atoms. The lowest BCUT2D eigenvalue weighted by Crippen LogP contribution is -2.08. The molecule has 0 N–H and O–H groups in total. The molecule has 1 aromatic rings. The molecule has 0 fully saturated rings. The Morgan fingerprint density at radius 3 is 2.21 bits per heavy atom. The second-order valence-electron chi connectivity index (χ2n) is 2.84. The van der Waals surface area contributed by atoms with Gasteiger partial charge >= 0.3 is 6.87 Å². The molecule has 0 aliphatic rings. The summed E-state index contributed by atoms with van der Waals surface area (Å²) < 4.78 is 18.0. The van der Waals surface area contributed by atoms with Gasteiger partial charge in [-0.05, 0) is 38.4 Å². The molecule has 6 heteroatoms. The van der Waals surface area contributed by atoms with Gasteiger partial charge in [-0.1, -0.05) is 11.6 Å². The van der Waals surface area contributed by atoms with Crippen LogP contribution in [0.5, 0.6) is 5.75 Å². The minimum absolute atomic E-state index is 0.432. The summed E-state index contributed by atoms with van der Waals surface area (Å²) in [5, 5.41) is 0.589. The topological polar surface area (TPSA) is 29.5 Å². The Morgan fingerprint density at radius 2 is 1.79 bits per heavy atom. The Labute approximate surface area is 92.9 Å². The van der Waals surface area contributed by atoms with Crippen molar-refractivity contribution in [2.24, 2.45) is 0 Å². The van der Waals surface area contributed by atoms with E-state index in [1.165, 1.54) is 4.67 Å². The van der Waals surface area contributed by atoms with Crippen molar-refractivity contribution in [3.8, 4) is 5.75 Å². The lowest BCUT2D eigenvalue weighted by molar-refractivity contribution is 0.436. The third-order valence-electron chi connectivity index (χ3n) is 1.51. The lowest BCUT2D eigenvalue weighted by Gasteiger charge is -2.18. The zero-order valence-corrected chi connectivity index (χ0v) is 10.2. The first-order valence-electron chi connectivity index (χ1n) is 3.84. The molecule has 0 aliphatic heterocycles. The van der Waals surface area contributed by atoms with Crippen molar-refractivity contribution in [1.29, 1.82) is 0 Å². The van der Waals surface area contributed by atoms with Gasteiger partial charge in [0.15, 0.2) is 0 Å². The van der Waals surface area contributed by atoms with E-state index in [4.69, 9.17) is 27.4 Å². The number of rotatable bonds is 3. The van der Waals surface area contributed by atoms with Crippen LogP contribution >= 0.6 is 29.7 Å². The monoisotopic (exact) mass is 253 g/mol. The fourth-order valence-corrected chi connectivity index (χ4v) is 1.62. The fraction of sp³-hybridized carbons (Fsp3) is 0.250. The number of nitrogens with zero attached hydrogens (tertiary/aromatic N) is 1. The first-order valence-corrected chi connectivity index (χ1v) is 6.70. The number of halogens is 2. The standard InChI is InChI=1S/C8H10Cl2NO2P/c1-11(2)14(10,12)13-8-5-3-7(9)4-6-8/h3-6H,1-2H3/t14-/m0/s1. The van der Waals surface area contributed by atoms with E-state index in [2.05, 4.69) is 0 Å². The minimum Gasteiger partial charge on any atom is -0.422 e. The summed E-state index contributed by atoms with van der Waals surface area (Å²) in [5.74, 6) is 0.432. The predicted molar refractivity (Wildman–Crippen MR) is 59.2 cm³/mol. The number of benzene rings is 1. The highest BCUT2D eigenvalue weighted by Crippen LogP contribution is 2.53. The molecule has 1 rings (SSSR count). The SMILES string of the molecule is CN(C)[P@](=O)(Cl)Oc1ccc(Cl)cc1. The van der Waals surface area contributed by atoms with Crippen molar-refractivity contribution in [3.63, 3.8) is 0 Å². The fourth-order valence-electron chi connectivity index (χ4n) is 0.707. The quantitative estimate of drug-likeness (QED) is 0.771. The van der Waals surface area contributed by atoms with Gasteiger partial charge in [0.05, 0.1) is 0 Å². The zero-order valence-electron chi connectivity index (χ0n) is 7.78. The van der Waals surface area contributed by atoms with Gasteiger partial charge in [0.2, 0.25) is 0 Å². The maximum Gasteiger partial charge on any atom is 0.411 e. The first-order chi connectivity index (χ1) is 6.42. The summed E-state index contributed by atoms with van der Waals surface area (Å²) in [4.78, 5) is 0. The van der Waals surface area contributed by atoms with Crippen LogP contribution in [0.25, 0.3) is 0 Å². The highest BCUT2D eigenvalue weighted by atomic mass is 35.7. The van der Waals surface area contributed by atoms with Crippen LogP contribution in [0.3, 0.4) is 0 Å². The second kappa shape index (κ2) is 4.54. The van der Waals surface area contributed by atoms with Crippen LogP contribution in [0, 0.1) is 0 Å². The van der Waals surface area contributed by atoms with Gasteiger partial charge < -0.3 is 4.52 Å². The summed E-state index contributed by atoms with van der Waals surface area (Å²) in [6.07, 6.45) is 0. The van der Waals surface area contributed by atoms with E-state index in [0.717, 1.165) is 0 Å². The number of hydrogen-bond acceptors (Lipinski definition) is 2. The average Bonchev–Trinajstić information content (AvgIpc) is 2.08. The third kappa shape index (κ3) is 3.18. The molecule has 0 bridgehead atoms. The molecular formula is C8H10Cl2NO2P. The van der Waals surface area contributed by atoms with Crippen LogP contribution in [0.1, 0.15) is 0 Å². The Kier molecular flexibility index (Phi) is 3.85. The smallest absolute Gasteiger partial charge is 0.411 e. The molecular weight excluding hydrogens is 244 g/mol. The van der Waals surface area contributed by atoms with E-state index in [1.807, 2.05) is 0 Å². The maximum absolute atomic E-state index is 11.6. The van der Waals surface area contributed by atoms with Gasteiger partial charge in [0, 0.05) is 16.3 Å². The van der Waals surface area contributed by atoms with Crippen molar-refractivity contribution in [3.05, 3.63) is 29.3 Å². The molecule has 78 valence electrons. The summed E-state index contributed by atoms with van der Waals surface area (Å²) in [6.45, 7) is -3.24. The zero-order chi connectivity index (χ0) is 10.8. The molecule has 0 spiro atoms. The van der Waals surface area contributed by atoms with Crippen molar-refractivity contribution in [1.82, 2.24) is 4.67 Å². The molecule has 0 amide bonds. The largest absolute Gasteiger partial charge is 0.422 e. The highest BCUT2D eigenvalue weighted by Gasteiger charge is 2.23. The van der Waals surface area contributed by atoms with E-state index < -0.39 is 6.87 Å². The number of hydrogen-bond donors (Lipinski definition) is 0. The molecule has 0 radical (unpaired) electrons. The molecule has 3 nitrogen and oxygen atoms in total. The molecule has 0 aromatic heterocycles. The van der Waals surface area contributed by atoms with Crippen molar-refractivity contribution < 1.29 is 9.09 Å². The van der Waals surface area contributed by atoms with Gasteiger partial charge in [-0.2, -0.15) is 0 Å². The van der Waals surface area contributed by atoms with Crippen LogP contribution in [-0.4, -0.2) is 18.8 Å². The van der Waals surface area contributed by atoms with Crippen molar-refractivity contribution in [2.75, 3.05) is 14.1 Å². The van der Waals surface area contributed by atoms with E-state index in [1.54, 1.807) is 38.4 Å². The summed E-state index contributed by atoms with van der Waals surface area (Å²) in [6, 6.07) is 6.51. The molecule has 1 aromatic carbocycles. The van der Waals surface area contributed by atoms with Crippen LogP contribution in [0.2, 0.25) is 5.02 Å². The normalized spacial score (nSPS) is 15.2. The Morgan fingerprint density at radius 1 is 1.29 bits per heavy atom. The molecule has 0 heterocycles. The minimum atomic E-state index is -3.24. The van der Waals surface area contributed by atoms with Crippen LogP contribution in [-0.2, 0) is 4.57 Å². The van der Waals surface area contributed by atoms with E-state index in [0.29, 0.717) is 10.8 Å². The van der Waals surface area contributed by atoms with Gasteiger partial charge in [-0.25, -0.2) is 9.24 Å². The van der Waals surface area contributed by atoms with Crippen molar-refractivity contribution in [2.45, 2.75) is 0 Å². The van der Waals surface area contributed by atoms with E-state index in [9.17, 15) is 4.57 Å². The first kappa shape index (κ1) is 11.9. The molecule has 0 saturated heterocycles. The van der Waals surface area contributed by atoms with Gasteiger partial charge in [0.25, 0.3) is 0 Å². The van der Waals surface area contributed by atoms with Gasteiger partial charge in [-0.3, -0.25) is 0 Å². The van der Waals surface area contributed by atoms with E-state index >= 15 is 0 Å². The summed E-state index contributed by atoms with van der Waals surface area (Å²) >= 11 is 11.3. The Balaban J connectivity index is 2.79. The Hall–Kier alpha value is -0.210. The van der Waals surface area contributed by atoms with Gasteiger partial charge in [0.1, 0.15) is 5.75 Å². The summed E-state index contributed by atoms with van der Waals surface area (Å²) in [5.41, 5.74) is 0. The Bertz CT molecular complexity index is 353. The predicted octanol–water partition coefficient (Wildman–Crippen LogP) is 3.63. The van der Waals surface area contributed by atoms with E-state index in [-0.39, 0.29) is 0 Å². The highest BCUT2D eigenvalue weighted by molar-refractivity contribution is 7.83. The van der Waals surface area contributed by atoms with Gasteiger partial charge in [-0.15, -0.1) is 0 Å². The third-order valence-corrected chi connectivity index (χ3v) is 4.27. The average molecular weight is 254 g/mol. The molecule has 0 unspecified atom stereocenters. The van der Waals surface area contributed by atoms with Crippen LogP contribution in [0.15, 0.2) is 24.3 Å². The van der Waals surface area contributed by atoms with Crippen LogP contribution < -0.4 is 4.52 Å². The molecule has 0 saturated carbocycles. The molecule has 1 atom stereocenters.